The number of nitrogens with zero attached hydrogens (tertiary/aromatic N) is 2. The van der Waals surface area contributed by atoms with Crippen LogP contribution in [0.1, 0.15) is 19.3 Å². The number of amides is 1. The van der Waals surface area contributed by atoms with Gasteiger partial charge in [0.1, 0.15) is 0 Å². The maximum Gasteiger partial charge on any atom is 0.328 e. The van der Waals surface area contributed by atoms with Crippen molar-refractivity contribution in [2.24, 2.45) is 31.7 Å². The van der Waals surface area contributed by atoms with Crippen LogP contribution in [0.15, 0.2) is 23.0 Å². The van der Waals surface area contributed by atoms with Gasteiger partial charge in [-0.05, 0) is 43.5 Å². The van der Waals surface area contributed by atoms with E-state index in [1.165, 1.54) is 0 Å². The summed E-state index contributed by atoms with van der Waals surface area (Å²) in [4.78, 5) is 24.4. The molecule has 1 aliphatic rings. The highest BCUT2D eigenvalue weighted by atomic mass is 35.5. The lowest BCUT2D eigenvalue weighted by atomic mass is 9.95. The van der Waals surface area contributed by atoms with Crippen LogP contribution in [-0.4, -0.2) is 21.6 Å². The molecule has 3 N–H and O–H groups in total. The van der Waals surface area contributed by atoms with Crippen molar-refractivity contribution in [3.8, 4) is 0 Å². The summed E-state index contributed by atoms with van der Waals surface area (Å²) in [7, 11) is 3.48. The predicted molar refractivity (Wildman–Crippen MR) is 93.9 cm³/mol. The molecule has 1 heterocycles. The van der Waals surface area contributed by atoms with Gasteiger partial charge in [0.2, 0.25) is 5.91 Å². The average Bonchev–Trinajstić information content (AvgIpc) is 3.08. The molecule has 23 heavy (non-hydrogen) atoms. The third-order valence-corrected chi connectivity index (χ3v) is 4.84. The molecular formula is C16H23ClN4O2. The minimum Gasteiger partial charge on any atom is -0.330 e. The molecule has 6 nitrogen and oxygen atoms in total. The van der Waals surface area contributed by atoms with E-state index in [0.29, 0.717) is 6.54 Å². The van der Waals surface area contributed by atoms with E-state index in [0.717, 1.165) is 36.0 Å². The smallest absolute Gasteiger partial charge is 0.328 e. The van der Waals surface area contributed by atoms with Gasteiger partial charge in [-0.15, -0.1) is 12.4 Å². The van der Waals surface area contributed by atoms with Gasteiger partial charge in [0.15, 0.2) is 0 Å². The van der Waals surface area contributed by atoms with Crippen molar-refractivity contribution in [2.75, 3.05) is 11.9 Å². The van der Waals surface area contributed by atoms with E-state index in [2.05, 4.69) is 5.32 Å². The van der Waals surface area contributed by atoms with Crippen molar-refractivity contribution in [2.45, 2.75) is 19.3 Å². The lowest BCUT2D eigenvalue weighted by Gasteiger charge is -2.17. The second-order valence-electron chi connectivity index (χ2n) is 6.13. The van der Waals surface area contributed by atoms with Gasteiger partial charge in [-0.25, -0.2) is 4.79 Å². The van der Waals surface area contributed by atoms with Gasteiger partial charge < -0.3 is 11.1 Å². The number of halogens is 1. The van der Waals surface area contributed by atoms with E-state index in [1.807, 2.05) is 18.2 Å². The average molecular weight is 339 g/mol. The number of anilines is 1. The first-order valence-electron chi connectivity index (χ1n) is 7.69. The Morgan fingerprint density at radius 2 is 1.96 bits per heavy atom. The molecule has 1 fully saturated rings. The molecule has 1 aliphatic carbocycles. The number of carbonyl (C=O) groups is 1. The van der Waals surface area contributed by atoms with Crippen LogP contribution in [0.25, 0.3) is 11.0 Å². The number of aryl methyl sites for hydroxylation is 2. The molecule has 1 aromatic carbocycles. The van der Waals surface area contributed by atoms with Gasteiger partial charge in [0.25, 0.3) is 0 Å². The summed E-state index contributed by atoms with van der Waals surface area (Å²) in [6, 6.07) is 5.55. The molecule has 7 heteroatoms. The summed E-state index contributed by atoms with van der Waals surface area (Å²) in [5.74, 6) is 0.318. The van der Waals surface area contributed by atoms with Crippen molar-refractivity contribution in [1.29, 1.82) is 0 Å². The first-order chi connectivity index (χ1) is 10.5. The van der Waals surface area contributed by atoms with E-state index in [9.17, 15) is 9.59 Å². The number of imidazole rings is 1. The number of rotatable bonds is 3. The minimum atomic E-state index is -0.0718. The molecule has 1 amide bonds. The molecule has 0 spiro atoms. The summed E-state index contributed by atoms with van der Waals surface area (Å²) in [6.07, 6.45) is 2.99. The molecule has 1 aromatic heterocycles. The van der Waals surface area contributed by atoms with Crippen molar-refractivity contribution in [3.63, 3.8) is 0 Å². The molecule has 126 valence electrons. The summed E-state index contributed by atoms with van der Waals surface area (Å²) in [5, 5.41) is 2.98. The minimum absolute atomic E-state index is 0. The third kappa shape index (κ3) is 3.01. The zero-order valence-corrected chi connectivity index (χ0v) is 14.2. The molecule has 0 unspecified atom stereocenters. The van der Waals surface area contributed by atoms with Crippen LogP contribution in [0.4, 0.5) is 5.69 Å². The van der Waals surface area contributed by atoms with Gasteiger partial charge in [-0.3, -0.25) is 13.9 Å². The van der Waals surface area contributed by atoms with Crippen LogP contribution in [0.2, 0.25) is 0 Å². The molecule has 0 radical (unpaired) electrons. The maximum atomic E-state index is 12.4. The molecular weight excluding hydrogens is 316 g/mol. The quantitative estimate of drug-likeness (QED) is 0.892. The van der Waals surface area contributed by atoms with E-state index < -0.39 is 0 Å². The molecule has 2 aromatic rings. The fourth-order valence-electron chi connectivity index (χ4n) is 3.48. The molecule has 0 bridgehead atoms. The maximum absolute atomic E-state index is 12.4. The third-order valence-electron chi connectivity index (χ3n) is 4.84. The number of nitrogens with two attached hydrogens (primary N) is 1. The second kappa shape index (κ2) is 6.76. The second-order valence-corrected chi connectivity index (χ2v) is 6.13. The van der Waals surface area contributed by atoms with Crippen molar-refractivity contribution < 1.29 is 4.79 Å². The summed E-state index contributed by atoms with van der Waals surface area (Å²) in [5.41, 5.74) is 8.07. The Morgan fingerprint density at radius 3 is 2.65 bits per heavy atom. The SMILES string of the molecule is Cl.Cn1c(=O)n(C)c2cc(NC(=O)[C@@H]3CCC[C@@H]3CN)ccc21. The van der Waals surface area contributed by atoms with Crippen LogP contribution >= 0.6 is 12.4 Å². The Kier molecular flexibility index (Phi) is 5.16. The Bertz CT molecular complexity index is 780. The topological polar surface area (TPSA) is 82.0 Å². The molecule has 2 atom stereocenters. The zero-order valence-electron chi connectivity index (χ0n) is 13.4. The van der Waals surface area contributed by atoms with Crippen LogP contribution in [0, 0.1) is 11.8 Å². The van der Waals surface area contributed by atoms with Crippen molar-refractivity contribution in [1.82, 2.24) is 9.13 Å². The van der Waals surface area contributed by atoms with Crippen molar-refractivity contribution >= 4 is 35.0 Å². The van der Waals surface area contributed by atoms with Gasteiger partial charge in [-0.1, -0.05) is 6.42 Å². The predicted octanol–water partition coefficient (Wildman–Crippen LogP) is 1.61. The highest BCUT2D eigenvalue weighted by Crippen LogP contribution is 2.32. The Morgan fingerprint density at radius 1 is 1.26 bits per heavy atom. The van der Waals surface area contributed by atoms with Gasteiger partial charge in [-0.2, -0.15) is 0 Å². The fraction of sp³-hybridized carbons (Fsp3) is 0.500. The standard InChI is InChI=1S/C16H22N4O2.ClH/c1-19-13-7-6-11(8-14(13)20(2)16(19)22)18-15(21)12-5-3-4-10(12)9-17;/h6-8,10,12H,3-5,9,17H2,1-2H3,(H,18,21);1H/t10-,12-;/m1./s1. The number of hydrogen-bond acceptors (Lipinski definition) is 3. The molecule has 0 aliphatic heterocycles. The zero-order chi connectivity index (χ0) is 15.9. The molecule has 0 saturated heterocycles. The van der Waals surface area contributed by atoms with Crippen LogP contribution in [-0.2, 0) is 18.9 Å². The van der Waals surface area contributed by atoms with Crippen LogP contribution in [0.3, 0.4) is 0 Å². The van der Waals surface area contributed by atoms with E-state index in [-0.39, 0.29) is 35.8 Å². The summed E-state index contributed by atoms with van der Waals surface area (Å²) >= 11 is 0. The lowest BCUT2D eigenvalue weighted by Crippen LogP contribution is -2.29. The number of fused-ring (bicyclic) bond motifs is 1. The number of nitrogens with one attached hydrogen (secondary N) is 1. The number of carbonyl (C=O) groups excluding carboxylic acids is 1. The molecule has 1 saturated carbocycles. The van der Waals surface area contributed by atoms with Crippen LogP contribution in [0.5, 0.6) is 0 Å². The highest BCUT2D eigenvalue weighted by Gasteiger charge is 2.31. The first kappa shape index (κ1) is 17.6. The Balaban J connectivity index is 0.00000192. The Labute approximate surface area is 141 Å². The van der Waals surface area contributed by atoms with Gasteiger partial charge in [0, 0.05) is 25.7 Å². The number of benzene rings is 1. The van der Waals surface area contributed by atoms with Gasteiger partial charge >= 0.3 is 5.69 Å². The monoisotopic (exact) mass is 338 g/mol. The summed E-state index contributed by atoms with van der Waals surface area (Å²) in [6.45, 7) is 0.560. The van der Waals surface area contributed by atoms with E-state index >= 15 is 0 Å². The number of aromatic nitrogens is 2. The normalized spacial score (nSPS) is 20.5. The van der Waals surface area contributed by atoms with Gasteiger partial charge in [0.05, 0.1) is 11.0 Å². The summed E-state index contributed by atoms with van der Waals surface area (Å²) < 4.78 is 3.19. The first-order valence-corrected chi connectivity index (χ1v) is 7.69. The largest absolute Gasteiger partial charge is 0.330 e. The van der Waals surface area contributed by atoms with Crippen molar-refractivity contribution in [3.05, 3.63) is 28.7 Å². The Hall–Kier alpha value is -1.79. The van der Waals surface area contributed by atoms with Crippen LogP contribution < -0.4 is 16.7 Å². The molecule has 3 rings (SSSR count). The fourth-order valence-corrected chi connectivity index (χ4v) is 3.48. The van der Waals surface area contributed by atoms with E-state index in [4.69, 9.17) is 5.73 Å². The van der Waals surface area contributed by atoms with E-state index in [1.54, 1.807) is 23.2 Å². The highest BCUT2D eigenvalue weighted by molar-refractivity contribution is 5.95. The number of hydrogen-bond donors (Lipinski definition) is 2. The lowest BCUT2D eigenvalue weighted by molar-refractivity contribution is -0.120.